The van der Waals surface area contributed by atoms with Crippen molar-refractivity contribution in [2.75, 3.05) is 21.0 Å². The fourth-order valence-electron chi connectivity index (χ4n) is 2.68. The van der Waals surface area contributed by atoms with Crippen LogP contribution < -0.4 is 29.6 Å². The van der Waals surface area contributed by atoms with E-state index in [1.165, 1.54) is 14.2 Å². The Morgan fingerprint density at radius 2 is 1.71 bits per heavy atom. The second-order valence-corrected chi connectivity index (χ2v) is 6.20. The molecule has 1 atom stereocenters. The maximum Gasteiger partial charge on any atom is 0.252 e. The first-order valence-corrected chi connectivity index (χ1v) is 8.70. The lowest BCUT2D eigenvalue weighted by Gasteiger charge is -2.15. The minimum Gasteiger partial charge on any atom is -0.497 e. The van der Waals surface area contributed by atoms with Crippen LogP contribution in [-0.2, 0) is 11.3 Å². The van der Waals surface area contributed by atoms with Crippen molar-refractivity contribution in [2.24, 2.45) is 0 Å². The molecule has 148 valence electrons. The third kappa shape index (κ3) is 4.46. The zero-order chi connectivity index (χ0) is 20.1. The molecule has 0 fully saturated rings. The molecule has 0 saturated heterocycles. The smallest absolute Gasteiger partial charge is 0.252 e. The number of benzene rings is 2. The molecule has 3 rings (SSSR count). The Hall–Kier alpha value is -3.42. The number of fused-ring (bicyclic) bond motifs is 1. The largest absolute Gasteiger partial charge is 0.497 e. The summed E-state index contributed by atoms with van der Waals surface area (Å²) in [5.74, 6) is 1.61. The Balaban J connectivity index is 1.57. The normalized spacial score (nSPS) is 12.8. The quantitative estimate of drug-likeness (QED) is 0.754. The number of hydrogen-bond acceptors (Lipinski definition) is 6. The van der Waals surface area contributed by atoms with Crippen LogP contribution in [0.4, 0.5) is 0 Å². The average molecular weight is 386 g/mol. The molecule has 0 radical (unpaired) electrons. The van der Waals surface area contributed by atoms with Crippen molar-refractivity contribution in [3.63, 3.8) is 0 Å². The zero-order valence-electron chi connectivity index (χ0n) is 15.9. The van der Waals surface area contributed by atoms with E-state index in [4.69, 9.17) is 18.9 Å². The van der Waals surface area contributed by atoms with Gasteiger partial charge in [0.1, 0.15) is 17.5 Å². The number of carbonyl (C=O) groups excluding carboxylic acids is 2. The highest BCUT2D eigenvalue weighted by Gasteiger charge is 2.18. The van der Waals surface area contributed by atoms with E-state index in [2.05, 4.69) is 10.6 Å². The molecule has 0 aromatic heterocycles. The second-order valence-electron chi connectivity index (χ2n) is 6.20. The van der Waals surface area contributed by atoms with Gasteiger partial charge in [-0.1, -0.05) is 6.07 Å². The highest BCUT2D eigenvalue weighted by Crippen LogP contribution is 2.32. The molecule has 1 heterocycles. The van der Waals surface area contributed by atoms with E-state index >= 15 is 0 Å². The molecule has 0 aliphatic carbocycles. The molecule has 28 heavy (non-hydrogen) atoms. The summed E-state index contributed by atoms with van der Waals surface area (Å²) < 4.78 is 20.9. The Morgan fingerprint density at radius 3 is 2.39 bits per heavy atom. The Bertz CT molecular complexity index is 861. The molecular formula is C20H22N2O6. The minimum absolute atomic E-state index is 0.198. The lowest BCUT2D eigenvalue weighted by Crippen LogP contribution is -2.44. The Labute approximate surface area is 162 Å². The fraction of sp³-hybridized carbons (Fsp3) is 0.300. The summed E-state index contributed by atoms with van der Waals surface area (Å²) in [6.07, 6.45) is 0. The lowest BCUT2D eigenvalue weighted by atomic mass is 10.1. The molecular weight excluding hydrogens is 364 g/mol. The number of methoxy groups -OCH3 is 2. The van der Waals surface area contributed by atoms with Crippen molar-refractivity contribution >= 4 is 11.8 Å². The first kappa shape index (κ1) is 19.3. The maximum atomic E-state index is 12.5. The highest BCUT2D eigenvalue weighted by molar-refractivity contribution is 5.98. The molecule has 2 aromatic carbocycles. The zero-order valence-corrected chi connectivity index (χ0v) is 15.9. The Morgan fingerprint density at radius 1 is 1.04 bits per heavy atom. The van der Waals surface area contributed by atoms with Crippen LogP contribution in [0.25, 0.3) is 0 Å². The van der Waals surface area contributed by atoms with Crippen LogP contribution in [0.2, 0.25) is 0 Å². The molecule has 2 amide bonds. The van der Waals surface area contributed by atoms with Crippen molar-refractivity contribution in [3.05, 3.63) is 47.5 Å². The molecule has 0 spiro atoms. The van der Waals surface area contributed by atoms with Crippen LogP contribution in [0.3, 0.4) is 0 Å². The van der Waals surface area contributed by atoms with Crippen LogP contribution in [0, 0.1) is 0 Å². The van der Waals surface area contributed by atoms with Crippen LogP contribution in [0.5, 0.6) is 23.0 Å². The maximum absolute atomic E-state index is 12.5. The monoisotopic (exact) mass is 386 g/mol. The number of ether oxygens (including phenoxy) is 4. The van der Waals surface area contributed by atoms with E-state index in [-0.39, 0.29) is 12.7 Å². The number of nitrogens with one attached hydrogen (secondary N) is 2. The molecule has 0 unspecified atom stereocenters. The van der Waals surface area contributed by atoms with Gasteiger partial charge >= 0.3 is 0 Å². The van der Waals surface area contributed by atoms with Crippen LogP contribution >= 0.6 is 0 Å². The molecule has 1 aliphatic rings. The van der Waals surface area contributed by atoms with E-state index in [9.17, 15) is 9.59 Å². The minimum atomic E-state index is -0.723. The summed E-state index contributed by atoms with van der Waals surface area (Å²) >= 11 is 0. The number of hydrogen-bond donors (Lipinski definition) is 2. The van der Waals surface area contributed by atoms with Crippen molar-refractivity contribution in [1.82, 2.24) is 10.6 Å². The van der Waals surface area contributed by atoms with Gasteiger partial charge in [-0.25, -0.2) is 0 Å². The van der Waals surface area contributed by atoms with Gasteiger partial charge in [-0.3, -0.25) is 9.59 Å². The van der Waals surface area contributed by atoms with Gasteiger partial charge in [-0.15, -0.1) is 0 Å². The Kier molecular flexibility index (Phi) is 5.88. The molecule has 8 heteroatoms. The van der Waals surface area contributed by atoms with Crippen LogP contribution in [0.15, 0.2) is 36.4 Å². The van der Waals surface area contributed by atoms with Gasteiger partial charge in [-0.05, 0) is 36.8 Å². The summed E-state index contributed by atoms with van der Waals surface area (Å²) in [7, 11) is 3.01. The molecule has 2 N–H and O–H groups in total. The average Bonchev–Trinajstić information content (AvgIpc) is 3.19. The van der Waals surface area contributed by atoms with Gasteiger partial charge < -0.3 is 29.6 Å². The third-order valence-corrected chi connectivity index (χ3v) is 4.26. The number of rotatable bonds is 7. The number of carbonyl (C=O) groups is 2. The van der Waals surface area contributed by atoms with E-state index in [1.54, 1.807) is 31.2 Å². The molecule has 1 aliphatic heterocycles. The van der Waals surface area contributed by atoms with Gasteiger partial charge in [-0.2, -0.15) is 0 Å². The standard InChI is InChI=1S/C20H22N2O6/c1-12(22-20(24)14-7-15(25-2)9-16(8-14)26-3)19(23)21-10-13-4-5-17-18(6-13)28-11-27-17/h4-9,12H,10-11H2,1-3H3,(H,21,23)(H,22,24)/t12-/m1/s1. The van der Waals surface area contributed by atoms with E-state index in [0.29, 0.717) is 35.1 Å². The predicted molar refractivity (Wildman–Crippen MR) is 101 cm³/mol. The summed E-state index contributed by atoms with van der Waals surface area (Å²) in [5, 5.41) is 5.46. The lowest BCUT2D eigenvalue weighted by molar-refractivity contribution is -0.122. The van der Waals surface area contributed by atoms with Crippen molar-refractivity contribution in [2.45, 2.75) is 19.5 Å². The first-order valence-electron chi connectivity index (χ1n) is 8.70. The van der Waals surface area contributed by atoms with Gasteiger partial charge in [0.05, 0.1) is 14.2 Å². The fourth-order valence-corrected chi connectivity index (χ4v) is 2.68. The van der Waals surface area contributed by atoms with Gasteiger partial charge in [0, 0.05) is 18.2 Å². The van der Waals surface area contributed by atoms with E-state index < -0.39 is 11.9 Å². The molecule has 2 aromatic rings. The summed E-state index contributed by atoms with van der Waals surface area (Å²) in [6.45, 7) is 2.12. The molecule has 0 bridgehead atoms. The van der Waals surface area contributed by atoms with Crippen LogP contribution in [0.1, 0.15) is 22.8 Å². The van der Waals surface area contributed by atoms with Gasteiger partial charge in [0.25, 0.3) is 5.91 Å². The van der Waals surface area contributed by atoms with Gasteiger partial charge in [0.2, 0.25) is 12.7 Å². The molecule has 8 nitrogen and oxygen atoms in total. The predicted octanol–water partition coefficient (Wildman–Crippen LogP) is 1.87. The second kappa shape index (κ2) is 8.51. The summed E-state index contributed by atoms with van der Waals surface area (Å²) in [5.41, 5.74) is 1.21. The first-order chi connectivity index (χ1) is 13.5. The SMILES string of the molecule is COc1cc(OC)cc(C(=O)N[C@H](C)C(=O)NCc2ccc3c(c2)OCO3)c1. The van der Waals surface area contributed by atoms with Gasteiger partial charge in [0.15, 0.2) is 11.5 Å². The number of amides is 2. The molecule has 0 saturated carbocycles. The third-order valence-electron chi connectivity index (χ3n) is 4.26. The summed E-state index contributed by atoms with van der Waals surface area (Å²) in [4.78, 5) is 24.8. The topological polar surface area (TPSA) is 95.1 Å². The van der Waals surface area contributed by atoms with Crippen molar-refractivity contribution in [1.29, 1.82) is 0 Å². The van der Waals surface area contributed by atoms with Crippen molar-refractivity contribution < 1.29 is 28.5 Å². The highest BCUT2D eigenvalue weighted by atomic mass is 16.7. The van der Waals surface area contributed by atoms with E-state index in [0.717, 1.165) is 5.56 Å². The van der Waals surface area contributed by atoms with Crippen molar-refractivity contribution in [3.8, 4) is 23.0 Å². The van der Waals surface area contributed by atoms with E-state index in [1.807, 2.05) is 12.1 Å². The summed E-state index contributed by atoms with van der Waals surface area (Å²) in [6, 6.07) is 9.56. The van der Waals surface area contributed by atoms with Crippen LogP contribution in [-0.4, -0.2) is 38.9 Å².